The van der Waals surface area contributed by atoms with Gasteiger partial charge in [0.15, 0.2) is 0 Å². The molecule has 40 heavy (non-hydrogen) atoms. The minimum absolute atomic E-state index is 0.126. The standard InChI is InChI=1S/C28H31Cl2FN4O4S/c1-4-32-28(37)26(17-20-11-6-5-7-12-20)34(18-21-22(29)13-10-14-23(21)30)27(36)19-35(40(38,39)33(2)3)25-16-9-8-15-24(25)31/h5-16,26H,4,17-19H2,1-3H3,(H,32,37)/t26-/m1/s1. The van der Waals surface area contributed by atoms with Gasteiger partial charge in [0.25, 0.3) is 0 Å². The van der Waals surface area contributed by atoms with E-state index in [-0.39, 0.29) is 28.7 Å². The van der Waals surface area contributed by atoms with Gasteiger partial charge in [-0.3, -0.25) is 9.59 Å². The second-order valence-corrected chi connectivity index (χ2v) is 12.0. The van der Waals surface area contributed by atoms with E-state index in [4.69, 9.17) is 23.2 Å². The highest BCUT2D eigenvalue weighted by Crippen LogP contribution is 2.28. The van der Waals surface area contributed by atoms with Crippen LogP contribution in [-0.4, -0.2) is 62.7 Å². The molecule has 0 heterocycles. The Morgan fingerprint density at radius 1 is 0.925 bits per heavy atom. The van der Waals surface area contributed by atoms with Crippen molar-refractivity contribution in [3.8, 4) is 0 Å². The van der Waals surface area contributed by atoms with E-state index in [1.165, 1.54) is 37.2 Å². The van der Waals surface area contributed by atoms with Gasteiger partial charge in [0.1, 0.15) is 18.4 Å². The number of amides is 2. The van der Waals surface area contributed by atoms with Gasteiger partial charge in [0, 0.05) is 49.2 Å². The maximum absolute atomic E-state index is 14.9. The van der Waals surface area contributed by atoms with Gasteiger partial charge in [0.2, 0.25) is 11.8 Å². The van der Waals surface area contributed by atoms with E-state index in [0.717, 1.165) is 15.9 Å². The maximum Gasteiger partial charge on any atom is 0.304 e. The second-order valence-electron chi connectivity index (χ2n) is 9.07. The number of benzene rings is 3. The third kappa shape index (κ3) is 7.51. The van der Waals surface area contributed by atoms with Crippen LogP contribution in [0, 0.1) is 5.82 Å². The van der Waals surface area contributed by atoms with Crippen LogP contribution in [0.15, 0.2) is 72.8 Å². The summed E-state index contributed by atoms with van der Waals surface area (Å²) in [5, 5.41) is 3.30. The van der Waals surface area contributed by atoms with Gasteiger partial charge in [-0.1, -0.05) is 71.7 Å². The minimum atomic E-state index is -4.32. The highest BCUT2D eigenvalue weighted by Gasteiger charge is 2.35. The minimum Gasteiger partial charge on any atom is -0.355 e. The molecule has 0 fully saturated rings. The van der Waals surface area contributed by atoms with E-state index in [0.29, 0.717) is 16.4 Å². The van der Waals surface area contributed by atoms with Crippen molar-refractivity contribution < 1.29 is 22.4 Å². The summed E-state index contributed by atoms with van der Waals surface area (Å²) in [6.07, 6.45) is 0.126. The fraction of sp³-hybridized carbons (Fsp3) is 0.286. The van der Waals surface area contributed by atoms with Crippen LogP contribution in [0.25, 0.3) is 0 Å². The summed E-state index contributed by atoms with van der Waals surface area (Å²) >= 11 is 12.9. The smallest absolute Gasteiger partial charge is 0.304 e. The molecular formula is C28H31Cl2FN4O4S. The largest absolute Gasteiger partial charge is 0.355 e. The molecule has 0 aliphatic heterocycles. The van der Waals surface area contributed by atoms with E-state index >= 15 is 0 Å². The summed E-state index contributed by atoms with van der Waals surface area (Å²) in [6.45, 7) is 1.07. The Balaban J connectivity index is 2.14. The molecule has 3 aromatic carbocycles. The maximum atomic E-state index is 14.9. The van der Waals surface area contributed by atoms with Crippen LogP contribution in [0.4, 0.5) is 10.1 Å². The number of likely N-dealkylation sites (N-methyl/N-ethyl adjacent to an activating group) is 1. The molecule has 0 spiro atoms. The van der Waals surface area contributed by atoms with Crippen LogP contribution in [0.5, 0.6) is 0 Å². The molecule has 0 bridgehead atoms. The predicted molar refractivity (Wildman–Crippen MR) is 156 cm³/mol. The number of halogens is 3. The first-order chi connectivity index (χ1) is 19.0. The van der Waals surface area contributed by atoms with E-state index in [1.807, 2.05) is 30.3 Å². The molecule has 0 aromatic heterocycles. The number of rotatable bonds is 12. The Labute approximate surface area is 244 Å². The van der Waals surface area contributed by atoms with Gasteiger partial charge in [0.05, 0.1) is 5.69 Å². The van der Waals surface area contributed by atoms with Crippen molar-refractivity contribution in [1.29, 1.82) is 0 Å². The molecule has 0 aliphatic rings. The average molecular weight is 610 g/mol. The number of para-hydroxylation sites is 1. The molecule has 0 aliphatic carbocycles. The summed E-state index contributed by atoms with van der Waals surface area (Å²) in [5.41, 5.74) is 0.848. The summed E-state index contributed by atoms with van der Waals surface area (Å²) in [7, 11) is -1.76. The number of carbonyl (C=O) groups is 2. The van der Waals surface area contributed by atoms with E-state index in [2.05, 4.69) is 5.32 Å². The van der Waals surface area contributed by atoms with E-state index in [1.54, 1.807) is 25.1 Å². The summed E-state index contributed by atoms with van der Waals surface area (Å²) in [5.74, 6) is -2.03. The molecule has 3 aromatic rings. The van der Waals surface area contributed by atoms with Gasteiger partial charge in [-0.05, 0) is 36.8 Å². The Kier molecular flexibility index (Phi) is 10.9. The number of hydrogen-bond donors (Lipinski definition) is 1. The Bertz CT molecular complexity index is 1420. The molecule has 1 N–H and O–H groups in total. The SMILES string of the molecule is CCNC(=O)[C@@H](Cc1ccccc1)N(Cc1c(Cl)cccc1Cl)C(=O)CN(c1ccccc1F)S(=O)(=O)N(C)C. The Hall–Kier alpha value is -3.18. The van der Waals surface area contributed by atoms with E-state index in [9.17, 15) is 22.4 Å². The zero-order chi connectivity index (χ0) is 29.4. The van der Waals surface area contributed by atoms with Crippen molar-refractivity contribution in [2.75, 3.05) is 31.5 Å². The van der Waals surface area contributed by atoms with Gasteiger partial charge in [-0.2, -0.15) is 12.7 Å². The Morgan fingerprint density at radius 3 is 2.10 bits per heavy atom. The summed E-state index contributed by atoms with van der Waals surface area (Å²) in [4.78, 5) is 28.7. The lowest BCUT2D eigenvalue weighted by atomic mass is 10.0. The zero-order valence-electron chi connectivity index (χ0n) is 22.4. The third-order valence-corrected chi connectivity index (χ3v) is 8.67. The van der Waals surface area contributed by atoms with Crippen molar-refractivity contribution in [2.45, 2.75) is 25.9 Å². The molecule has 12 heteroatoms. The Morgan fingerprint density at radius 2 is 1.52 bits per heavy atom. The van der Waals surface area contributed by atoms with Crippen molar-refractivity contribution in [3.63, 3.8) is 0 Å². The first kappa shape index (κ1) is 31.3. The monoisotopic (exact) mass is 608 g/mol. The van der Waals surface area contributed by atoms with Gasteiger partial charge < -0.3 is 10.2 Å². The summed E-state index contributed by atoms with van der Waals surface area (Å²) in [6, 6.07) is 18.1. The number of anilines is 1. The molecule has 0 unspecified atom stereocenters. The molecule has 0 radical (unpaired) electrons. The third-order valence-electron chi connectivity index (χ3n) is 6.15. The average Bonchev–Trinajstić information content (AvgIpc) is 2.91. The first-order valence-corrected chi connectivity index (χ1v) is 14.6. The first-order valence-electron chi connectivity index (χ1n) is 12.5. The second kappa shape index (κ2) is 13.9. The fourth-order valence-electron chi connectivity index (χ4n) is 4.06. The molecule has 0 saturated carbocycles. The fourth-order valence-corrected chi connectivity index (χ4v) is 5.64. The normalized spacial score (nSPS) is 12.2. The molecule has 3 rings (SSSR count). The number of nitrogens with zero attached hydrogens (tertiary/aromatic N) is 3. The van der Waals surface area contributed by atoms with Crippen LogP contribution in [-0.2, 0) is 32.8 Å². The number of hydrogen-bond acceptors (Lipinski definition) is 4. The van der Waals surface area contributed by atoms with Crippen LogP contribution in [0.2, 0.25) is 10.0 Å². The molecule has 8 nitrogen and oxygen atoms in total. The lowest BCUT2D eigenvalue weighted by Crippen LogP contribution is -2.54. The highest BCUT2D eigenvalue weighted by atomic mass is 35.5. The van der Waals surface area contributed by atoms with Crippen molar-refractivity contribution in [2.24, 2.45) is 0 Å². The molecular weight excluding hydrogens is 578 g/mol. The van der Waals surface area contributed by atoms with Gasteiger partial charge >= 0.3 is 10.2 Å². The number of nitrogens with one attached hydrogen (secondary N) is 1. The van der Waals surface area contributed by atoms with Crippen molar-refractivity contribution in [3.05, 3.63) is 99.8 Å². The van der Waals surface area contributed by atoms with Crippen LogP contribution in [0.1, 0.15) is 18.1 Å². The summed E-state index contributed by atoms with van der Waals surface area (Å²) < 4.78 is 43.0. The van der Waals surface area contributed by atoms with E-state index < -0.39 is 40.4 Å². The molecule has 1 atom stereocenters. The number of carbonyl (C=O) groups excluding carboxylic acids is 2. The zero-order valence-corrected chi connectivity index (χ0v) is 24.7. The lowest BCUT2D eigenvalue weighted by molar-refractivity contribution is -0.140. The lowest BCUT2D eigenvalue weighted by Gasteiger charge is -2.34. The van der Waals surface area contributed by atoms with Gasteiger partial charge in [-0.25, -0.2) is 8.70 Å². The quantitative estimate of drug-likeness (QED) is 0.327. The van der Waals surface area contributed by atoms with Crippen molar-refractivity contribution >= 4 is 50.9 Å². The predicted octanol–water partition coefficient (Wildman–Crippen LogP) is 4.52. The topological polar surface area (TPSA) is 90.0 Å². The molecule has 2 amide bonds. The highest BCUT2D eigenvalue weighted by molar-refractivity contribution is 7.90. The van der Waals surface area contributed by atoms with Crippen LogP contribution >= 0.6 is 23.2 Å². The van der Waals surface area contributed by atoms with Crippen LogP contribution in [0.3, 0.4) is 0 Å². The molecule has 0 saturated heterocycles. The van der Waals surface area contributed by atoms with Crippen molar-refractivity contribution in [1.82, 2.24) is 14.5 Å². The molecule has 214 valence electrons. The van der Waals surface area contributed by atoms with Crippen LogP contribution < -0.4 is 9.62 Å². The van der Waals surface area contributed by atoms with Gasteiger partial charge in [-0.15, -0.1) is 0 Å².